The van der Waals surface area contributed by atoms with Gasteiger partial charge in [-0.2, -0.15) is 13.9 Å². The molecule has 12 heteroatoms. The number of nitrogens with one attached hydrogen (secondary N) is 2. The van der Waals surface area contributed by atoms with Crippen LogP contribution in [0.5, 0.6) is 0 Å². The molecule has 1 aliphatic rings. The monoisotopic (exact) mass is 461 g/mol. The van der Waals surface area contributed by atoms with E-state index in [9.17, 15) is 26.6 Å². The van der Waals surface area contributed by atoms with Crippen molar-refractivity contribution in [1.82, 2.24) is 14.8 Å². The number of carbonyl (C=O) groups excluding carboxylic acids is 1. The molecule has 0 spiro atoms. The second kappa shape index (κ2) is 7.88. The van der Waals surface area contributed by atoms with E-state index < -0.39 is 45.5 Å². The van der Waals surface area contributed by atoms with Gasteiger partial charge in [-0.15, -0.1) is 0 Å². The first-order valence-corrected chi connectivity index (χ1v) is 11.5. The fourth-order valence-electron chi connectivity index (χ4n) is 3.72. The van der Waals surface area contributed by atoms with E-state index in [1.54, 1.807) is 0 Å². The molecule has 1 fully saturated rings. The van der Waals surface area contributed by atoms with E-state index in [0.717, 1.165) is 4.68 Å². The van der Waals surface area contributed by atoms with Gasteiger partial charge >= 0.3 is 0 Å². The van der Waals surface area contributed by atoms with Gasteiger partial charge in [0.05, 0.1) is 9.73 Å². The maximum absolute atomic E-state index is 14.0. The molecule has 0 aliphatic heterocycles. The first-order chi connectivity index (χ1) is 14.2. The molecular formula is C19H23F4N5O2S. The quantitative estimate of drug-likeness (QED) is 0.622. The summed E-state index contributed by atoms with van der Waals surface area (Å²) in [5.41, 5.74) is -0.640. The normalized spacial score (nSPS) is 20.4. The average Bonchev–Trinajstić information content (AvgIpc) is 3.13. The van der Waals surface area contributed by atoms with Crippen molar-refractivity contribution >= 4 is 21.3 Å². The van der Waals surface area contributed by atoms with Gasteiger partial charge in [-0.05, 0) is 31.4 Å². The van der Waals surface area contributed by atoms with Crippen LogP contribution in [0.1, 0.15) is 47.9 Å². The lowest BCUT2D eigenvalue weighted by molar-refractivity contribution is 0.00345. The summed E-state index contributed by atoms with van der Waals surface area (Å²) >= 11 is 0. The number of hydrogen-bond acceptors (Lipinski definition) is 5. The molecule has 2 N–H and O–H groups in total. The lowest BCUT2D eigenvalue weighted by atomic mass is 10.1. The van der Waals surface area contributed by atoms with E-state index in [2.05, 4.69) is 15.4 Å². The van der Waals surface area contributed by atoms with Gasteiger partial charge < -0.3 is 5.32 Å². The molecule has 2 aromatic heterocycles. The van der Waals surface area contributed by atoms with Crippen LogP contribution in [0.25, 0.3) is 0 Å². The van der Waals surface area contributed by atoms with Gasteiger partial charge in [0, 0.05) is 50.0 Å². The summed E-state index contributed by atoms with van der Waals surface area (Å²) in [4.78, 5) is 16.8. The van der Waals surface area contributed by atoms with Gasteiger partial charge in [0.25, 0.3) is 11.8 Å². The van der Waals surface area contributed by atoms with E-state index in [-0.39, 0.29) is 41.4 Å². The van der Waals surface area contributed by atoms with Crippen molar-refractivity contribution < 1.29 is 26.6 Å². The van der Waals surface area contributed by atoms with Crippen LogP contribution in [0.3, 0.4) is 0 Å². The smallest absolute Gasteiger partial charge is 0.289 e. The van der Waals surface area contributed by atoms with Gasteiger partial charge in [-0.1, -0.05) is 0 Å². The Balaban J connectivity index is 1.95. The Hall–Kier alpha value is -2.50. The Kier molecular flexibility index (Phi) is 5.89. The highest BCUT2D eigenvalue weighted by molar-refractivity contribution is 7.91. The minimum atomic E-state index is -3.33. The third-order valence-electron chi connectivity index (χ3n) is 5.15. The average molecular weight is 461 g/mol. The molecule has 1 aliphatic carbocycles. The molecule has 2 unspecified atom stereocenters. The largest absolute Gasteiger partial charge is 0.321 e. The maximum atomic E-state index is 14.0. The van der Waals surface area contributed by atoms with Crippen LogP contribution >= 0.6 is 0 Å². The van der Waals surface area contributed by atoms with Gasteiger partial charge in [-0.25, -0.2) is 22.8 Å². The lowest BCUT2D eigenvalue weighted by Gasteiger charge is -2.14. The summed E-state index contributed by atoms with van der Waals surface area (Å²) in [7, 11) is -3.13. The summed E-state index contributed by atoms with van der Waals surface area (Å²) in [5.74, 6) is -7.41. The molecule has 2 aromatic rings. The predicted octanol–water partition coefficient (Wildman–Crippen LogP) is 4.42. The fraction of sp³-hybridized carbons (Fsp3) is 0.526. The summed E-state index contributed by atoms with van der Waals surface area (Å²) in [6, 6.07) is 2.66. The minimum absolute atomic E-state index is 0.0514. The highest BCUT2D eigenvalue weighted by Crippen LogP contribution is 2.40. The molecule has 31 heavy (non-hydrogen) atoms. The number of halogens is 4. The van der Waals surface area contributed by atoms with Crippen LogP contribution in [0.15, 0.2) is 23.4 Å². The summed E-state index contributed by atoms with van der Waals surface area (Å²) in [6.45, 7) is 1.89. The van der Waals surface area contributed by atoms with E-state index in [1.165, 1.54) is 31.5 Å². The summed E-state index contributed by atoms with van der Waals surface area (Å²) < 4.78 is 75.8. The van der Waals surface area contributed by atoms with Crippen molar-refractivity contribution in [3.63, 3.8) is 0 Å². The fourth-order valence-corrected chi connectivity index (χ4v) is 4.33. The topological polar surface area (TPSA) is 101 Å². The van der Waals surface area contributed by atoms with Crippen molar-refractivity contribution in [1.29, 1.82) is 4.78 Å². The minimum Gasteiger partial charge on any atom is -0.321 e. The van der Waals surface area contributed by atoms with Gasteiger partial charge in [0.15, 0.2) is 0 Å². The van der Waals surface area contributed by atoms with E-state index >= 15 is 0 Å². The number of amides is 1. The summed E-state index contributed by atoms with van der Waals surface area (Å²) in [5, 5.41) is 6.35. The number of aromatic nitrogens is 3. The highest BCUT2D eigenvalue weighted by Gasteiger charge is 2.41. The Bertz CT molecular complexity index is 1110. The molecule has 0 saturated heterocycles. The van der Waals surface area contributed by atoms with E-state index in [1.807, 2.05) is 0 Å². The van der Waals surface area contributed by atoms with Crippen molar-refractivity contribution in [2.24, 2.45) is 5.92 Å². The van der Waals surface area contributed by atoms with E-state index in [4.69, 9.17) is 4.78 Å². The Labute approximate surface area is 177 Å². The van der Waals surface area contributed by atoms with Gasteiger partial charge in [0.2, 0.25) is 5.92 Å². The Morgan fingerprint density at radius 1 is 1.45 bits per heavy atom. The Morgan fingerprint density at radius 3 is 2.68 bits per heavy atom. The van der Waals surface area contributed by atoms with Crippen LogP contribution in [-0.4, -0.2) is 37.1 Å². The third kappa shape index (κ3) is 5.23. The number of carbonyl (C=O) groups is 1. The van der Waals surface area contributed by atoms with Gasteiger partial charge in [-0.3, -0.25) is 9.48 Å². The second-order valence-electron chi connectivity index (χ2n) is 8.04. The van der Waals surface area contributed by atoms with Crippen molar-refractivity contribution in [3.8, 4) is 0 Å². The van der Waals surface area contributed by atoms with Crippen LogP contribution in [-0.2, 0) is 22.2 Å². The number of anilines is 1. The van der Waals surface area contributed by atoms with Gasteiger partial charge in [0.1, 0.15) is 16.4 Å². The molecule has 2 heterocycles. The van der Waals surface area contributed by atoms with Crippen LogP contribution in [0.2, 0.25) is 0 Å². The number of alkyl halides is 4. The summed E-state index contributed by atoms with van der Waals surface area (Å²) in [6.07, 6.45) is 1.95. The van der Waals surface area contributed by atoms with Crippen LogP contribution < -0.4 is 5.32 Å². The third-order valence-corrected chi connectivity index (χ3v) is 6.17. The van der Waals surface area contributed by atoms with Crippen LogP contribution in [0.4, 0.5) is 23.2 Å². The van der Waals surface area contributed by atoms with E-state index in [0.29, 0.717) is 6.92 Å². The molecule has 3 rings (SSSR count). The lowest BCUT2D eigenvalue weighted by Crippen LogP contribution is -2.22. The molecule has 170 valence electrons. The number of hydrogen-bond donors (Lipinski definition) is 2. The first-order valence-electron chi connectivity index (χ1n) is 9.52. The van der Waals surface area contributed by atoms with Crippen molar-refractivity contribution in [3.05, 3.63) is 35.3 Å². The number of pyridine rings is 1. The second-order valence-corrected chi connectivity index (χ2v) is 10.1. The molecule has 1 saturated carbocycles. The zero-order valence-corrected chi connectivity index (χ0v) is 18.0. The maximum Gasteiger partial charge on any atom is 0.289 e. The van der Waals surface area contributed by atoms with Crippen molar-refractivity contribution in [2.75, 3.05) is 11.6 Å². The number of nitrogens with zero attached hydrogens (tertiary/aromatic N) is 3. The molecule has 2 atom stereocenters. The SMILES string of the molecule is Cc1c(C(C)(F)F)nn(CC2CCC(F)(F)C2)c1C(=O)Nc1ccnc(S(C)(=N)=O)c1. The van der Waals surface area contributed by atoms with Crippen molar-refractivity contribution in [2.45, 2.75) is 56.5 Å². The highest BCUT2D eigenvalue weighted by atomic mass is 32.2. The predicted molar refractivity (Wildman–Crippen MR) is 106 cm³/mol. The molecule has 7 nitrogen and oxygen atoms in total. The molecule has 1 amide bonds. The Morgan fingerprint density at radius 2 is 2.13 bits per heavy atom. The molecule has 0 aromatic carbocycles. The zero-order chi connectivity index (χ0) is 23.2. The number of rotatable bonds is 6. The zero-order valence-electron chi connectivity index (χ0n) is 17.2. The van der Waals surface area contributed by atoms with Crippen LogP contribution in [0, 0.1) is 17.6 Å². The molecule has 0 bridgehead atoms. The first kappa shape index (κ1) is 23.2. The molecule has 0 radical (unpaired) electrons. The standard InChI is InChI=1S/C19H23F4N5O2S/c1-11-15(17(29)26-13-5-7-25-14(8-13)31(3,24)30)28(27-16(11)18(2,20)21)10-12-4-6-19(22,23)9-12/h5,7-8,12,24H,4,6,9-10H2,1-3H3,(H,25,26,29). The molecular weight excluding hydrogens is 438 g/mol.